The molecule has 0 aliphatic rings. The van der Waals surface area contributed by atoms with Gasteiger partial charge in [0.2, 0.25) is 0 Å². The summed E-state index contributed by atoms with van der Waals surface area (Å²) in [6, 6.07) is 7.48. The molecular formula is C14H18N4O2S. The minimum Gasteiger partial charge on any atom is -0.465 e. The van der Waals surface area contributed by atoms with Crippen LogP contribution in [0.4, 0.5) is 5.69 Å². The lowest BCUT2D eigenvalue weighted by molar-refractivity contribution is 0.0606. The summed E-state index contributed by atoms with van der Waals surface area (Å²) in [4.78, 5) is 12.2. The molecule has 0 radical (unpaired) electrons. The third-order valence-electron chi connectivity index (χ3n) is 2.89. The highest BCUT2D eigenvalue weighted by Crippen LogP contribution is 2.33. The van der Waals surface area contributed by atoms with Gasteiger partial charge in [0.25, 0.3) is 0 Å². The Balaban J connectivity index is 2.42. The number of hydrazine groups is 1. The van der Waals surface area contributed by atoms with Gasteiger partial charge >= 0.3 is 5.97 Å². The van der Waals surface area contributed by atoms with E-state index in [9.17, 15) is 4.79 Å². The van der Waals surface area contributed by atoms with E-state index in [1.165, 1.54) is 23.5 Å². The van der Waals surface area contributed by atoms with Crippen LogP contribution in [0, 0.1) is 0 Å². The normalized spacial score (nSPS) is 11.7. The quantitative estimate of drug-likeness (QED) is 0.439. The molecule has 21 heavy (non-hydrogen) atoms. The molecular weight excluding hydrogens is 288 g/mol. The zero-order chi connectivity index (χ0) is 15.4. The molecule has 1 aromatic heterocycles. The van der Waals surface area contributed by atoms with E-state index in [1.807, 2.05) is 25.2 Å². The average molecular weight is 306 g/mol. The minimum absolute atomic E-state index is 0.351. The number of rotatable bonds is 5. The fourth-order valence-electron chi connectivity index (χ4n) is 1.97. The van der Waals surface area contributed by atoms with Crippen LogP contribution in [0.15, 0.2) is 36.2 Å². The van der Waals surface area contributed by atoms with Crippen LogP contribution in [0.5, 0.6) is 0 Å². The van der Waals surface area contributed by atoms with Gasteiger partial charge in [-0.2, -0.15) is 0 Å². The lowest BCUT2D eigenvalue weighted by Gasteiger charge is -2.16. The maximum atomic E-state index is 11.6. The molecule has 0 saturated heterocycles. The Kier molecular flexibility index (Phi) is 4.79. The second kappa shape index (κ2) is 6.57. The molecule has 6 nitrogen and oxygen atoms in total. The number of carbonyl (C=O) groups excluding carboxylic acids is 1. The molecule has 0 atom stereocenters. The second-order valence-electron chi connectivity index (χ2n) is 4.43. The molecule has 0 aliphatic carbocycles. The summed E-state index contributed by atoms with van der Waals surface area (Å²) in [6.07, 6.45) is 1.65. The van der Waals surface area contributed by atoms with Gasteiger partial charge in [-0.1, -0.05) is 6.07 Å². The molecule has 0 fully saturated rings. The van der Waals surface area contributed by atoms with E-state index in [-0.39, 0.29) is 5.97 Å². The smallest absolute Gasteiger partial charge is 0.348 e. The number of benzene rings is 1. The Labute approximate surface area is 126 Å². The van der Waals surface area contributed by atoms with Crippen LogP contribution in [0.25, 0.3) is 10.1 Å². The molecule has 7 heteroatoms. The molecule has 1 heterocycles. The zero-order valence-electron chi connectivity index (χ0n) is 11.9. The first-order valence-electron chi connectivity index (χ1n) is 6.32. The molecule has 1 aromatic carbocycles. The Morgan fingerprint density at radius 3 is 2.95 bits per heavy atom. The van der Waals surface area contributed by atoms with E-state index in [1.54, 1.807) is 12.3 Å². The lowest BCUT2D eigenvalue weighted by Crippen LogP contribution is -2.28. The van der Waals surface area contributed by atoms with Gasteiger partial charge in [0, 0.05) is 28.5 Å². The number of likely N-dealkylation sites (N-methyl/N-ethyl adjacent to an activating group) is 1. The highest BCUT2D eigenvalue weighted by molar-refractivity contribution is 7.20. The zero-order valence-corrected chi connectivity index (χ0v) is 12.7. The van der Waals surface area contributed by atoms with Crippen LogP contribution in [-0.2, 0) is 4.74 Å². The van der Waals surface area contributed by atoms with Gasteiger partial charge in [-0.25, -0.2) is 10.6 Å². The van der Waals surface area contributed by atoms with E-state index in [2.05, 4.69) is 5.32 Å². The SMILES string of the molecule is CNC/C(N)=C/N(N)c1cccc2sc(C(=O)OC)cc12. The first kappa shape index (κ1) is 15.3. The predicted molar refractivity (Wildman–Crippen MR) is 86.0 cm³/mol. The molecule has 0 unspecified atom stereocenters. The van der Waals surface area contributed by atoms with Crippen molar-refractivity contribution in [1.29, 1.82) is 0 Å². The molecule has 0 bridgehead atoms. The van der Waals surface area contributed by atoms with Crippen LogP contribution >= 0.6 is 11.3 Å². The Morgan fingerprint density at radius 2 is 2.29 bits per heavy atom. The van der Waals surface area contributed by atoms with Gasteiger partial charge in [-0.15, -0.1) is 11.3 Å². The fraction of sp³-hybridized carbons (Fsp3) is 0.214. The van der Waals surface area contributed by atoms with Crippen molar-refractivity contribution in [2.75, 3.05) is 25.7 Å². The van der Waals surface area contributed by atoms with Crippen molar-refractivity contribution < 1.29 is 9.53 Å². The number of nitrogens with two attached hydrogens (primary N) is 2. The second-order valence-corrected chi connectivity index (χ2v) is 5.52. The summed E-state index contributed by atoms with van der Waals surface area (Å²) in [6.45, 7) is 0.542. The molecule has 0 amide bonds. The number of carbonyl (C=O) groups is 1. The summed E-state index contributed by atoms with van der Waals surface area (Å²) in [5.74, 6) is 5.70. The van der Waals surface area contributed by atoms with Crippen LogP contribution in [0.1, 0.15) is 9.67 Å². The molecule has 2 rings (SSSR count). The number of nitrogens with one attached hydrogen (secondary N) is 1. The van der Waals surface area contributed by atoms with E-state index in [0.717, 1.165) is 15.8 Å². The number of hydrogen-bond donors (Lipinski definition) is 3. The third-order valence-corrected chi connectivity index (χ3v) is 3.97. The summed E-state index contributed by atoms with van der Waals surface area (Å²) < 4.78 is 5.71. The average Bonchev–Trinajstić information content (AvgIpc) is 2.90. The molecule has 0 aliphatic heterocycles. The van der Waals surface area contributed by atoms with Crippen LogP contribution in [0.2, 0.25) is 0 Å². The number of thiophene rings is 1. The number of nitrogens with zero attached hydrogens (tertiary/aromatic N) is 1. The minimum atomic E-state index is -0.351. The van der Waals surface area contributed by atoms with Gasteiger partial charge in [-0.3, -0.25) is 5.01 Å². The number of anilines is 1. The highest BCUT2D eigenvalue weighted by atomic mass is 32.1. The Bertz CT molecular complexity index is 681. The largest absolute Gasteiger partial charge is 0.465 e. The maximum Gasteiger partial charge on any atom is 0.348 e. The Morgan fingerprint density at radius 1 is 1.52 bits per heavy atom. The molecule has 2 aromatic rings. The van der Waals surface area contributed by atoms with Crippen molar-refractivity contribution in [2.45, 2.75) is 0 Å². The summed E-state index contributed by atoms with van der Waals surface area (Å²) in [5.41, 5.74) is 7.23. The van der Waals surface area contributed by atoms with E-state index in [4.69, 9.17) is 16.3 Å². The van der Waals surface area contributed by atoms with Crippen molar-refractivity contribution in [1.82, 2.24) is 5.32 Å². The van der Waals surface area contributed by atoms with E-state index in [0.29, 0.717) is 17.1 Å². The van der Waals surface area contributed by atoms with Gasteiger partial charge in [0.05, 0.1) is 12.8 Å². The van der Waals surface area contributed by atoms with E-state index >= 15 is 0 Å². The van der Waals surface area contributed by atoms with Crippen molar-refractivity contribution in [3.05, 3.63) is 41.0 Å². The van der Waals surface area contributed by atoms with Crippen molar-refractivity contribution in [2.24, 2.45) is 11.6 Å². The monoisotopic (exact) mass is 306 g/mol. The topological polar surface area (TPSA) is 93.6 Å². The van der Waals surface area contributed by atoms with Crippen molar-refractivity contribution in [3.8, 4) is 0 Å². The molecule has 5 N–H and O–H groups in total. The number of fused-ring (bicyclic) bond motifs is 1. The van der Waals surface area contributed by atoms with Gasteiger partial charge < -0.3 is 15.8 Å². The van der Waals surface area contributed by atoms with E-state index < -0.39 is 0 Å². The molecule has 112 valence electrons. The number of ether oxygens (including phenoxy) is 1. The first-order valence-corrected chi connectivity index (χ1v) is 7.14. The van der Waals surface area contributed by atoms with Gasteiger partial charge in [0.15, 0.2) is 0 Å². The summed E-state index contributed by atoms with van der Waals surface area (Å²) in [5, 5.41) is 5.30. The lowest BCUT2D eigenvalue weighted by atomic mass is 10.2. The highest BCUT2D eigenvalue weighted by Gasteiger charge is 2.14. The van der Waals surface area contributed by atoms with Crippen LogP contribution in [-0.4, -0.2) is 26.7 Å². The summed E-state index contributed by atoms with van der Waals surface area (Å²) in [7, 11) is 3.17. The number of hydrogen-bond acceptors (Lipinski definition) is 7. The summed E-state index contributed by atoms with van der Waals surface area (Å²) >= 11 is 1.37. The van der Waals surface area contributed by atoms with Crippen molar-refractivity contribution >= 4 is 33.1 Å². The van der Waals surface area contributed by atoms with Crippen LogP contribution in [0.3, 0.4) is 0 Å². The fourth-order valence-corrected chi connectivity index (χ4v) is 2.97. The standard InChI is InChI=1S/C14H18N4O2S/c1-17-7-9(15)8-18(16)11-4-3-5-12-10(11)6-13(21-12)14(19)20-2/h3-6,8,17H,7,15-16H2,1-2H3/b9-8-. The number of methoxy groups -OCH3 is 1. The molecule has 0 saturated carbocycles. The Hall–Kier alpha value is -2.09. The predicted octanol–water partition coefficient (Wildman–Crippen LogP) is 1.39. The maximum absolute atomic E-state index is 11.6. The van der Waals surface area contributed by atoms with Crippen LogP contribution < -0.4 is 21.9 Å². The first-order chi connectivity index (χ1) is 10.1. The van der Waals surface area contributed by atoms with Crippen molar-refractivity contribution in [3.63, 3.8) is 0 Å². The molecule has 0 spiro atoms. The number of esters is 1. The van der Waals surface area contributed by atoms with Gasteiger partial charge in [-0.05, 0) is 25.2 Å². The van der Waals surface area contributed by atoms with Gasteiger partial charge in [0.1, 0.15) is 4.88 Å². The third kappa shape index (κ3) is 3.33.